The smallest absolute Gasteiger partial charge is 0.0786 e. The van der Waals surface area contributed by atoms with Crippen LogP contribution in [0.15, 0.2) is 182 Å². The van der Waals surface area contributed by atoms with Gasteiger partial charge in [0.2, 0.25) is 0 Å². The molecule has 0 bridgehead atoms. The van der Waals surface area contributed by atoms with Crippen LogP contribution in [0.25, 0.3) is 55.1 Å². The molecule has 212 valence electrons. The van der Waals surface area contributed by atoms with Crippen molar-refractivity contribution in [1.82, 2.24) is 4.98 Å². The van der Waals surface area contributed by atoms with Crippen LogP contribution in [0.1, 0.15) is 0 Å². The first kappa shape index (κ1) is 26.6. The fraction of sp³-hybridized carbons (Fsp3) is 0. The quantitative estimate of drug-likeness (QED) is 0.184. The van der Waals surface area contributed by atoms with Gasteiger partial charge in [-0.05, 0) is 69.6 Å². The first-order chi connectivity index (χ1) is 22.3. The molecule has 2 heteroatoms. The molecule has 2 nitrogen and oxygen atoms in total. The van der Waals surface area contributed by atoms with E-state index in [0.717, 1.165) is 28.0 Å². The van der Waals surface area contributed by atoms with Crippen LogP contribution in [-0.4, -0.2) is 4.98 Å². The van der Waals surface area contributed by atoms with Crippen LogP contribution < -0.4 is 4.90 Å². The Kier molecular flexibility index (Phi) is 6.86. The predicted octanol–water partition coefficient (Wildman–Crippen LogP) is 11.9. The minimum atomic E-state index is 1.03. The van der Waals surface area contributed by atoms with E-state index in [1.807, 2.05) is 12.3 Å². The Bertz CT molecular complexity index is 2240. The van der Waals surface area contributed by atoms with Crippen LogP contribution in [-0.2, 0) is 0 Å². The maximum atomic E-state index is 4.78. The van der Waals surface area contributed by atoms with Crippen molar-refractivity contribution in [3.63, 3.8) is 0 Å². The average Bonchev–Trinajstić information content (AvgIpc) is 3.13. The Morgan fingerprint density at radius 1 is 0.356 bits per heavy atom. The van der Waals surface area contributed by atoms with Gasteiger partial charge in [0.1, 0.15) is 0 Å². The Balaban J connectivity index is 1.27. The van der Waals surface area contributed by atoms with Crippen molar-refractivity contribution >= 4 is 38.7 Å². The first-order valence-electron chi connectivity index (χ1n) is 15.3. The summed E-state index contributed by atoms with van der Waals surface area (Å²) in [6.45, 7) is 0. The molecule has 8 aromatic rings. The largest absolute Gasteiger partial charge is 0.310 e. The van der Waals surface area contributed by atoms with Crippen molar-refractivity contribution in [2.45, 2.75) is 0 Å². The number of hydrogen-bond acceptors (Lipinski definition) is 2. The van der Waals surface area contributed by atoms with E-state index in [2.05, 4.69) is 175 Å². The van der Waals surface area contributed by atoms with Crippen molar-refractivity contribution in [2.24, 2.45) is 0 Å². The average molecular weight is 575 g/mol. The molecule has 0 radical (unpaired) electrons. The van der Waals surface area contributed by atoms with E-state index in [4.69, 9.17) is 4.98 Å². The van der Waals surface area contributed by atoms with Gasteiger partial charge in [-0.1, -0.05) is 140 Å². The standard InChI is InChI=1S/C43H30N2/c1-3-11-31(12-4-1)32-22-26-37(27-23-32)45(41-19-8-7-17-39(41)33-13-5-2-6-14-33)38-28-24-34(25-29-38)40-18-9-15-35-20-21-36-16-10-30-44-43(36)42(35)40/h1-30H. The summed E-state index contributed by atoms with van der Waals surface area (Å²) in [5.41, 5.74) is 11.5. The third-order valence-corrected chi connectivity index (χ3v) is 8.51. The maximum Gasteiger partial charge on any atom is 0.0786 e. The number of rotatable bonds is 6. The third-order valence-electron chi connectivity index (χ3n) is 8.51. The molecular weight excluding hydrogens is 544 g/mol. The zero-order chi connectivity index (χ0) is 30.0. The van der Waals surface area contributed by atoms with Gasteiger partial charge in [0, 0.05) is 33.9 Å². The number of anilines is 3. The van der Waals surface area contributed by atoms with Crippen molar-refractivity contribution in [1.29, 1.82) is 0 Å². The molecule has 1 aromatic heterocycles. The molecule has 0 atom stereocenters. The van der Waals surface area contributed by atoms with E-state index in [0.29, 0.717) is 0 Å². The molecule has 0 saturated heterocycles. The molecule has 8 rings (SSSR count). The number of benzene rings is 7. The molecule has 1 heterocycles. The van der Waals surface area contributed by atoms with Gasteiger partial charge in [-0.3, -0.25) is 4.98 Å². The lowest BCUT2D eigenvalue weighted by Crippen LogP contribution is -2.11. The SMILES string of the molecule is c1ccc(-c2ccc(N(c3ccc(-c4cccc5ccc6cccnc6c45)cc3)c3ccccc3-c3ccccc3)cc2)cc1. The minimum absolute atomic E-state index is 1.03. The second kappa shape index (κ2) is 11.6. The summed E-state index contributed by atoms with van der Waals surface area (Å²) in [7, 11) is 0. The highest BCUT2D eigenvalue weighted by Gasteiger charge is 2.18. The summed E-state index contributed by atoms with van der Waals surface area (Å²) in [4.78, 5) is 7.14. The molecule has 0 aliphatic heterocycles. The van der Waals surface area contributed by atoms with E-state index in [1.54, 1.807) is 0 Å². The van der Waals surface area contributed by atoms with Crippen LogP contribution in [0.3, 0.4) is 0 Å². The van der Waals surface area contributed by atoms with Crippen LogP contribution in [0, 0.1) is 0 Å². The van der Waals surface area contributed by atoms with Gasteiger partial charge in [-0.25, -0.2) is 0 Å². The number of hydrogen-bond donors (Lipinski definition) is 0. The van der Waals surface area contributed by atoms with E-state index < -0.39 is 0 Å². The number of nitrogens with zero attached hydrogens (tertiary/aromatic N) is 2. The van der Waals surface area contributed by atoms with E-state index >= 15 is 0 Å². The Labute approximate surface area is 263 Å². The Morgan fingerprint density at radius 3 is 1.62 bits per heavy atom. The van der Waals surface area contributed by atoms with Crippen molar-refractivity contribution < 1.29 is 0 Å². The minimum Gasteiger partial charge on any atom is -0.310 e. The van der Waals surface area contributed by atoms with Gasteiger partial charge in [0.25, 0.3) is 0 Å². The van der Waals surface area contributed by atoms with Crippen LogP contribution in [0.4, 0.5) is 17.1 Å². The zero-order valence-corrected chi connectivity index (χ0v) is 24.7. The van der Waals surface area contributed by atoms with Crippen LogP contribution in [0.5, 0.6) is 0 Å². The van der Waals surface area contributed by atoms with Gasteiger partial charge in [-0.2, -0.15) is 0 Å². The monoisotopic (exact) mass is 574 g/mol. The summed E-state index contributed by atoms with van der Waals surface area (Å²) in [6.07, 6.45) is 1.88. The highest BCUT2D eigenvalue weighted by Crippen LogP contribution is 2.42. The van der Waals surface area contributed by atoms with Crippen LogP contribution >= 0.6 is 0 Å². The first-order valence-corrected chi connectivity index (χ1v) is 15.3. The van der Waals surface area contributed by atoms with Crippen molar-refractivity contribution in [2.75, 3.05) is 4.90 Å². The molecule has 0 unspecified atom stereocenters. The number of pyridine rings is 1. The molecule has 0 N–H and O–H groups in total. The zero-order valence-electron chi connectivity index (χ0n) is 24.7. The molecule has 0 spiro atoms. The van der Waals surface area contributed by atoms with Crippen LogP contribution in [0.2, 0.25) is 0 Å². The summed E-state index contributed by atoms with van der Waals surface area (Å²) >= 11 is 0. The summed E-state index contributed by atoms with van der Waals surface area (Å²) in [5, 5.41) is 3.53. The van der Waals surface area contributed by atoms with Crippen molar-refractivity contribution in [3.8, 4) is 33.4 Å². The van der Waals surface area contributed by atoms with Gasteiger partial charge >= 0.3 is 0 Å². The summed E-state index contributed by atoms with van der Waals surface area (Å²) in [5.74, 6) is 0. The lowest BCUT2D eigenvalue weighted by atomic mass is 9.95. The highest BCUT2D eigenvalue weighted by molar-refractivity contribution is 6.12. The topological polar surface area (TPSA) is 16.1 Å². The lowest BCUT2D eigenvalue weighted by Gasteiger charge is -2.28. The van der Waals surface area contributed by atoms with Gasteiger partial charge < -0.3 is 4.90 Å². The van der Waals surface area contributed by atoms with E-state index in [1.165, 1.54) is 44.2 Å². The second-order valence-corrected chi connectivity index (χ2v) is 11.2. The fourth-order valence-electron chi connectivity index (χ4n) is 6.34. The third kappa shape index (κ3) is 5.03. The molecule has 0 aliphatic rings. The molecule has 0 amide bonds. The molecular formula is C43H30N2. The normalized spacial score (nSPS) is 11.1. The molecule has 0 saturated carbocycles. The van der Waals surface area contributed by atoms with Gasteiger partial charge in [0.05, 0.1) is 11.2 Å². The number of fused-ring (bicyclic) bond motifs is 3. The highest BCUT2D eigenvalue weighted by atomic mass is 15.1. The second-order valence-electron chi connectivity index (χ2n) is 11.2. The summed E-state index contributed by atoms with van der Waals surface area (Å²) in [6, 6.07) is 62.6. The molecule has 0 aliphatic carbocycles. The summed E-state index contributed by atoms with van der Waals surface area (Å²) < 4.78 is 0. The van der Waals surface area contributed by atoms with E-state index in [-0.39, 0.29) is 0 Å². The van der Waals surface area contributed by atoms with Gasteiger partial charge in [-0.15, -0.1) is 0 Å². The maximum absolute atomic E-state index is 4.78. The Morgan fingerprint density at radius 2 is 0.889 bits per heavy atom. The predicted molar refractivity (Wildman–Crippen MR) is 190 cm³/mol. The van der Waals surface area contributed by atoms with Crippen molar-refractivity contribution in [3.05, 3.63) is 182 Å². The molecule has 7 aromatic carbocycles. The molecule has 45 heavy (non-hydrogen) atoms. The number of aromatic nitrogens is 1. The fourth-order valence-corrected chi connectivity index (χ4v) is 6.34. The van der Waals surface area contributed by atoms with E-state index in [9.17, 15) is 0 Å². The molecule has 0 fully saturated rings. The Hall–Kier alpha value is -5.99. The lowest BCUT2D eigenvalue weighted by molar-refractivity contribution is 1.28. The van der Waals surface area contributed by atoms with Gasteiger partial charge in [0.15, 0.2) is 0 Å². The number of para-hydroxylation sites is 1.